The third-order valence-corrected chi connectivity index (χ3v) is 3.15. The molecule has 110 valence electrons. The molecule has 0 aromatic heterocycles. The van der Waals surface area contributed by atoms with Crippen LogP contribution in [-0.2, 0) is 14.3 Å². The minimum Gasteiger partial charge on any atom is -0.480 e. The van der Waals surface area contributed by atoms with Crippen LogP contribution in [0.2, 0.25) is 0 Å². The molecule has 1 unspecified atom stereocenters. The number of amides is 1. The molecular weight excluding hydrogens is 248 g/mol. The molecule has 0 aromatic rings. The minimum atomic E-state index is -0.850. The fourth-order valence-electron chi connectivity index (χ4n) is 2.24. The lowest BCUT2D eigenvalue weighted by molar-refractivity contribution is -0.138. The maximum absolute atomic E-state index is 11.9. The smallest absolute Gasteiger partial charge is 0.317 e. The highest BCUT2D eigenvalue weighted by Gasteiger charge is 2.23. The number of carbonyl (C=O) groups excluding carboxylic acids is 1. The quantitative estimate of drug-likeness (QED) is 0.622. The number of hydrogen-bond acceptors (Lipinski definition) is 4. The number of piperidine rings is 1. The Bertz CT molecular complexity index is 296. The molecule has 1 fully saturated rings. The zero-order chi connectivity index (χ0) is 14.1. The van der Waals surface area contributed by atoms with E-state index < -0.39 is 5.97 Å². The van der Waals surface area contributed by atoms with Crippen LogP contribution in [0, 0.1) is 5.92 Å². The lowest BCUT2D eigenvalue weighted by Gasteiger charge is -2.32. The van der Waals surface area contributed by atoms with E-state index in [1.165, 1.54) is 0 Å². The Kier molecular flexibility index (Phi) is 7.43. The lowest BCUT2D eigenvalue weighted by Crippen LogP contribution is -2.44. The summed E-state index contributed by atoms with van der Waals surface area (Å²) in [6.07, 6.45) is 2.92. The van der Waals surface area contributed by atoms with E-state index in [1.54, 1.807) is 0 Å². The number of carboxylic acids is 1. The SMILES string of the molecule is CCCOCC(=O)N1CCCC(CNCC(=O)O)C1. The first-order chi connectivity index (χ1) is 9.13. The molecule has 1 atom stereocenters. The first-order valence-electron chi connectivity index (χ1n) is 6.91. The zero-order valence-electron chi connectivity index (χ0n) is 11.6. The van der Waals surface area contributed by atoms with Gasteiger partial charge in [0.2, 0.25) is 5.91 Å². The number of nitrogens with zero attached hydrogens (tertiary/aromatic N) is 1. The van der Waals surface area contributed by atoms with Crippen molar-refractivity contribution in [2.24, 2.45) is 5.92 Å². The monoisotopic (exact) mass is 272 g/mol. The summed E-state index contributed by atoms with van der Waals surface area (Å²) in [5.74, 6) is -0.476. The summed E-state index contributed by atoms with van der Waals surface area (Å²) in [4.78, 5) is 24.1. The van der Waals surface area contributed by atoms with Crippen LogP contribution in [-0.4, -0.2) is 61.3 Å². The summed E-state index contributed by atoms with van der Waals surface area (Å²) in [7, 11) is 0. The van der Waals surface area contributed by atoms with Crippen molar-refractivity contribution < 1.29 is 19.4 Å². The van der Waals surface area contributed by atoms with Gasteiger partial charge in [-0.1, -0.05) is 6.92 Å². The molecule has 1 heterocycles. The highest BCUT2D eigenvalue weighted by atomic mass is 16.5. The third-order valence-electron chi connectivity index (χ3n) is 3.15. The first kappa shape index (κ1) is 15.9. The highest BCUT2D eigenvalue weighted by molar-refractivity contribution is 5.77. The van der Waals surface area contributed by atoms with E-state index in [0.29, 0.717) is 25.6 Å². The average molecular weight is 272 g/mol. The Morgan fingerprint density at radius 1 is 1.47 bits per heavy atom. The second-order valence-electron chi connectivity index (χ2n) is 4.93. The summed E-state index contributed by atoms with van der Waals surface area (Å²) in [5, 5.41) is 11.5. The minimum absolute atomic E-state index is 0.0238. The van der Waals surface area contributed by atoms with E-state index in [4.69, 9.17) is 9.84 Å². The van der Waals surface area contributed by atoms with Crippen LogP contribution in [0.4, 0.5) is 0 Å². The topological polar surface area (TPSA) is 78.9 Å². The van der Waals surface area contributed by atoms with Gasteiger partial charge >= 0.3 is 5.97 Å². The van der Waals surface area contributed by atoms with Gasteiger partial charge in [-0.15, -0.1) is 0 Å². The van der Waals surface area contributed by atoms with Crippen LogP contribution in [0.5, 0.6) is 0 Å². The molecule has 0 spiro atoms. The number of carbonyl (C=O) groups is 2. The van der Waals surface area contributed by atoms with Gasteiger partial charge in [-0.2, -0.15) is 0 Å². The number of nitrogens with one attached hydrogen (secondary N) is 1. The number of likely N-dealkylation sites (tertiary alicyclic amines) is 1. The maximum atomic E-state index is 11.9. The predicted octanol–water partition coefficient (Wildman–Crippen LogP) is 0.326. The largest absolute Gasteiger partial charge is 0.480 e. The Hall–Kier alpha value is -1.14. The van der Waals surface area contributed by atoms with Crippen molar-refractivity contribution in [2.45, 2.75) is 26.2 Å². The number of aliphatic carboxylic acids is 1. The van der Waals surface area contributed by atoms with Crippen molar-refractivity contribution in [1.82, 2.24) is 10.2 Å². The predicted molar refractivity (Wildman–Crippen MR) is 70.9 cm³/mol. The molecule has 0 aromatic carbocycles. The molecule has 6 nitrogen and oxygen atoms in total. The molecule has 1 amide bonds. The molecule has 0 radical (unpaired) electrons. The Balaban J connectivity index is 2.24. The zero-order valence-corrected chi connectivity index (χ0v) is 11.6. The van der Waals surface area contributed by atoms with Gasteiger partial charge in [0.05, 0.1) is 6.54 Å². The van der Waals surface area contributed by atoms with Gasteiger partial charge in [0.1, 0.15) is 6.61 Å². The van der Waals surface area contributed by atoms with E-state index in [2.05, 4.69) is 5.32 Å². The molecule has 6 heteroatoms. The average Bonchev–Trinajstić information content (AvgIpc) is 2.39. The molecular formula is C13H24N2O4. The standard InChI is InChI=1S/C13H24N2O4/c1-2-6-19-10-12(16)15-5-3-4-11(9-15)7-14-8-13(17)18/h11,14H,2-10H2,1H3,(H,17,18). The molecule has 19 heavy (non-hydrogen) atoms. The van der Waals surface area contributed by atoms with E-state index >= 15 is 0 Å². The van der Waals surface area contributed by atoms with Gasteiger partial charge < -0.3 is 20.1 Å². The fourth-order valence-corrected chi connectivity index (χ4v) is 2.24. The number of carboxylic acid groups (broad SMARTS) is 1. The van der Waals surface area contributed by atoms with Crippen LogP contribution >= 0.6 is 0 Å². The maximum Gasteiger partial charge on any atom is 0.317 e. The fraction of sp³-hybridized carbons (Fsp3) is 0.846. The lowest BCUT2D eigenvalue weighted by atomic mass is 9.98. The third kappa shape index (κ3) is 6.54. The van der Waals surface area contributed by atoms with Crippen LogP contribution in [0.3, 0.4) is 0 Å². The van der Waals surface area contributed by atoms with Gasteiger partial charge in [-0.3, -0.25) is 9.59 Å². The van der Waals surface area contributed by atoms with E-state index in [9.17, 15) is 9.59 Å². The van der Waals surface area contributed by atoms with Crippen LogP contribution in [0.1, 0.15) is 26.2 Å². The van der Waals surface area contributed by atoms with Crippen LogP contribution in [0.25, 0.3) is 0 Å². The summed E-state index contributed by atoms with van der Waals surface area (Å²) in [6, 6.07) is 0. The van der Waals surface area contributed by atoms with Gasteiger partial charge in [0.25, 0.3) is 0 Å². The van der Waals surface area contributed by atoms with Gasteiger partial charge in [0, 0.05) is 26.2 Å². The molecule has 1 saturated heterocycles. The van der Waals surface area contributed by atoms with E-state index in [0.717, 1.165) is 25.8 Å². The van der Waals surface area contributed by atoms with Gasteiger partial charge in [-0.05, 0) is 25.2 Å². The molecule has 0 aliphatic carbocycles. The summed E-state index contributed by atoms with van der Waals surface area (Å²) >= 11 is 0. The molecule has 1 aliphatic heterocycles. The van der Waals surface area contributed by atoms with Crippen molar-refractivity contribution in [1.29, 1.82) is 0 Å². The van der Waals surface area contributed by atoms with Crippen LogP contribution in [0.15, 0.2) is 0 Å². The number of ether oxygens (including phenoxy) is 1. The van der Waals surface area contributed by atoms with Crippen molar-refractivity contribution in [3.8, 4) is 0 Å². The first-order valence-corrected chi connectivity index (χ1v) is 6.91. The Labute approximate surface area is 114 Å². The number of hydrogen-bond donors (Lipinski definition) is 2. The van der Waals surface area contributed by atoms with Crippen molar-refractivity contribution in [2.75, 3.05) is 39.4 Å². The summed E-state index contributed by atoms with van der Waals surface area (Å²) < 4.78 is 5.26. The van der Waals surface area contributed by atoms with E-state index in [-0.39, 0.29) is 19.1 Å². The van der Waals surface area contributed by atoms with Crippen molar-refractivity contribution in [3.63, 3.8) is 0 Å². The van der Waals surface area contributed by atoms with Crippen LogP contribution < -0.4 is 5.32 Å². The molecule has 2 N–H and O–H groups in total. The van der Waals surface area contributed by atoms with Crippen molar-refractivity contribution in [3.05, 3.63) is 0 Å². The highest BCUT2D eigenvalue weighted by Crippen LogP contribution is 2.15. The Morgan fingerprint density at radius 3 is 2.95 bits per heavy atom. The van der Waals surface area contributed by atoms with Crippen molar-refractivity contribution >= 4 is 11.9 Å². The Morgan fingerprint density at radius 2 is 2.26 bits per heavy atom. The molecule has 1 rings (SSSR count). The molecule has 1 aliphatic rings. The number of rotatable bonds is 8. The van der Waals surface area contributed by atoms with Gasteiger partial charge in [0.15, 0.2) is 0 Å². The van der Waals surface area contributed by atoms with E-state index in [1.807, 2.05) is 11.8 Å². The molecule has 0 saturated carbocycles. The van der Waals surface area contributed by atoms with Gasteiger partial charge in [-0.25, -0.2) is 0 Å². The normalized spacial score (nSPS) is 19.4. The second-order valence-corrected chi connectivity index (χ2v) is 4.93. The molecule has 0 bridgehead atoms. The summed E-state index contributed by atoms with van der Waals surface area (Å²) in [6.45, 7) is 4.88. The summed E-state index contributed by atoms with van der Waals surface area (Å²) in [5.41, 5.74) is 0. The second kappa shape index (κ2) is 8.87.